The minimum Gasteiger partial charge on any atom is -0.458 e. The Morgan fingerprint density at radius 3 is 2.83 bits per heavy atom. The number of amides is 1. The first-order chi connectivity index (χ1) is 14.4. The minimum absolute atomic E-state index is 0.151. The number of aliphatic hydroxyl groups is 1. The highest BCUT2D eigenvalue weighted by Crippen LogP contribution is 2.37. The molecule has 162 valence electrons. The largest absolute Gasteiger partial charge is 0.458 e. The van der Waals surface area contributed by atoms with E-state index in [-0.39, 0.29) is 23.7 Å². The Balaban J connectivity index is 1.60. The number of rotatable bonds is 1. The Labute approximate surface area is 181 Å². The number of esters is 1. The summed E-state index contributed by atoms with van der Waals surface area (Å²) < 4.78 is 12.0. The number of benzene rings is 1. The van der Waals surface area contributed by atoms with Gasteiger partial charge in [0.05, 0.1) is 17.7 Å². The monoisotopic (exact) mass is 431 g/mol. The van der Waals surface area contributed by atoms with Crippen LogP contribution in [-0.4, -0.2) is 46.1 Å². The maximum absolute atomic E-state index is 13.0. The minimum atomic E-state index is -1.54. The van der Waals surface area contributed by atoms with Crippen molar-refractivity contribution in [2.24, 2.45) is 5.92 Å². The first-order valence-corrected chi connectivity index (χ1v) is 11.7. The first kappa shape index (κ1) is 21.4. The highest BCUT2D eigenvalue weighted by atomic mass is 32.2. The Hall–Kier alpha value is -1.83. The quantitative estimate of drug-likeness (QED) is 0.519. The van der Waals surface area contributed by atoms with Crippen molar-refractivity contribution in [1.82, 2.24) is 5.32 Å². The highest BCUT2D eigenvalue weighted by molar-refractivity contribution is 8.14. The van der Waals surface area contributed by atoms with Crippen LogP contribution < -0.4 is 5.32 Å². The lowest BCUT2D eigenvalue weighted by Crippen LogP contribution is -2.58. The number of hydrogen-bond donors (Lipinski definition) is 2. The molecule has 2 N–H and O–H groups in total. The highest BCUT2D eigenvalue weighted by Gasteiger charge is 2.49. The van der Waals surface area contributed by atoms with E-state index in [0.29, 0.717) is 23.7 Å². The number of fused-ring (bicyclic) bond motifs is 3. The average molecular weight is 432 g/mol. The molecule has 5 atom stereocenters. The Morgan fingerprint density at radius 1 is 1.20 bits per heavy atom. The zero-order valence-corrected chi connectivity index (χ0v) is 18.0. The van der Waals surface area contributed by atoms with Crippen LogP contribution in [0.4, 0.5) is 4.79 Å². The van der Waals surface area contributed by atoms with Crippen molar-refractivity contribution in [1.29, 1.82) is 0 Å². The molecule has 4 rings (SSSR count). The van der Waals surface area contributed by atoms with Gasteiger partial charge in [-0.3, -0.25) is 4.79 Å². The molecule has 0 aliphatic carbocycles. The number of allylic oxidation sites excluding steroid dienone is 2. The van der Waals surface area contributed by atoms with Crippen LogP contribution in [0.15, 0.2) is 36.4 Å². The second kappa shape index (κ2) is 9.12. The molecule has 1 aromatic carbocycles. The third-order valence-electron chi connectivity index (χ3n) is 6.13. The van der Waals surface area contributed by atoms with Crippen LogP contribution in [0, 0.1) is 5.92 Å². The zero-order chi connectivity index (χ0) is 21.1. The molecule has 1 unspecified atom stereocenters. The summed E-state index contributed by atoms with van der Waals surface area (Å²) >= 11 is 1.14. The molecular weight excluding hydrogens is 402 g/mol. The van der Waals surface area contributed by atoms with Crippen molar-refractivity contribution >= 4 is 23.0 Å². The molecule has 3 heterocycles. The van der Waals surface area contributed by atoms with Gasteiger partial charge in [0, 0.05) is 18.6 Å². The van der Waals surface area contributed by atoms with Crippen LogP contribution in [-0.2, 0) is 15.9 Å². The van der Waals surface area contributed by atoms with Gasteiger partial charge in [0.25, 0.3) is 5.24 Å². The maximum Gasteiger partial charge on any atom is 0.338 e. The summed E-state index contributed by atoms with van der Waals surface area (Å²) in [5, 5.41) is 13.9. The second-order valence-electron chi connectivity index (χ2n) is 8.53. The summed E-state index contributed by atoms with van der Waals surface area (Å²) in [4.78, 5) is 24.7. The molecule has 0 saturated carbocycles. The molecule has 3 aliphatic heterocycles. The van der Waals surface area contributed by atoms with E-state index < -0.39 is 17.9 Å². The fourth-order valence-electron chi connectivity index (χ4n) is 4.47. The number of thioether (sulfide) groups is 1. The van der Waals surface area contributed by atoms with Gasteiger partial charge in [-0.25, -0.2) is 4.79 Å². The fraction of sp³-hybridized carbons (Fsp3) is 0.565. The number of aryl methyl sites for hydroxylation is 1. The van der Waals surface area contributed by atoms with Crippen LogP contribution in [0.1, 0.15) is 54.9 Å². The third-order valence-corrected chi connectivity index (χ3v) is 7.01. The maximum atomic E-state index is 13.0. The van der Waals surface area contributed by atoms with Gasteiger partial charge in [0.2, 0.25) is 0 Å². The average Bonchev–Trinajstić information content (AvgIpc) is 3.16. The van der Waals surface area contributed by atoms with Gasteiger partial charge in [-0.15, -0.1) is 0 Å². The molecule has 7 heteroatoms. The Kier molecular flexibility index (Phi) is 6.51. The molecule has 3 aliphatic rings. The van der Waals surface area contributed by atoms with Crippen molar-refractivity contribution < 1.29 is 24.2 Å². The first-order valence-electron chi connectivity index (χ1n) is 10.7. The Bertz CT molecular complexity index is 828. The van der Waals surface area contributed by atoms with Crippen molar-refractivity contribution in [3.8, 4) is 0 Å². The van der Waals surface area contributed by atoms with Gasteiger partial charge in [0.1, 0.15) is 6.10 Å². The van der Waals surface area contributed by atoms with E-state index in [0.717, 1.165) is 43.0 Å². The van der Waals surface area contributed by atoms with Gasteiger partial charge >= 0.3 is 5.97 Å². The van der Waals surface area contributed by atoms with E-state index in [2.05, 4.69) is 24.4 Å². The van der Waals surface area contributed by atoms with E-state index in [9.17, 15) is 14.7 Å². The van der Waals surface area contributed by atoms with Gasteiger partial charge in [0.15, 0.2) is 5.79 Å². The standard InChI is InChI=1S/C23H29NO5S/c1-15-6-2-3-7-16-8-4-5-9-19(16)21(25)28-18-12-17(11-10-15)29-23(27,13-18)20-14-30-22(26)24-20/h2,4-6,8-9,15,17-18,20,27H,3,7,10-14H2,1H3,(H,24,26)/t15-,17-,18-,20?,23-/m1/s1. The molecule has 30 heavy (non-hydrogen) atoms. The molecule has 2 bridgehead atoms. The second-order valence-corrected chi connectivity index (χ2v) is 9.52. The number of hydrogen-bond acceptors (Lipinski definition) is 6. The van der Waals surface area contributed by atoms with Gasteiger partial charge < -0.3 is 19.9 Å². The van der Waals surface area contributed by atoms with E-state index in [1.807, 2.05) is 18.2 Å². The van der Waals surface area contributed by atoms with Gasteiger partial charge in [-0.05, 0) is 43.2 Å². The summed E-state index contributed by atoms with van der Waals surface area (Å²) in [6.07, 6.45) is 7.70. The lowest BCUT2D eigenvalue weighted by molar-refractivity contribution is -0.282. The predicted molar refractivity (Wildman–Crippen MR) is 115 cm³/mol. The van der Waals surface area contributed by atoms with Crippen molar-refractivity contribution in [3.63, 3.8) is 0 Å². The Morgan fingerprint density at radius 2 is 2.03 bits per heavy atom. The molecule has 0 spiro atoms. The van der Waals surface area contributed by atoms with Crippen LogP contribution in [0.25, 0.3) is 0 Å². The van der Waals surface area contributed by atoms with E-state index >= 15 is 0 Å². The number of ether oxygens (including phenoxy) is 2. The van der Waals surface area contributed by atoms with Crippen LogP contribution in [0.3, 0.4) is 0 Å². The van der Waals surface area contributed by atoms with E-state index in [1.54, 1.807) is 6.07 Å². The third kappa shape index (κ3) is 4.90. The summed E-state index contributed by atoms with van der Waals surface area (Å²) in [6.45, 7) is 2.18. The molecule has 1 amide bonds. The topological polar surface area (TPSA) is 84.9 Å². The van der Waals surface area contributed by atoms with Crippen LogP contribution >= 0.6 is 11.8 Å². The molecule has 0 radical (unpaired) electrons. The van der Waals surface area contributed by atoms with Crippen molar-refractivity contribution in [2.45, 2.75) is 69.5 Å². The molecule has 2 saturated heterocycles. The number of carbonyl (C=O) groups is 2. The molecule has 2 fully saturated rings. The van der Waals surface area contributed by atoms with E-state index in [1.165, 1.54) is 0 Å². The van der Waals surface area contributed by atoms with Crippen molar-refractivity contribution in [3.05, 3.63) is 47.5 Å². The molecule has 0 aromatic heterocycles. The number of nitrogens with one attached hydrogen (secondary N) is 1. The lowest BCUT2D eigenvalue weighted by Gasteiger charge is -2.43. The lowest BCUT2D eigenvalue weighted by atomic mass is 9.90. The van der Waals surface area contributed by atoms with Crippen LogP contribution in [0.5, 0.6) is 0 Å². The molecule has 6 nitrogen and oxygen atoms in total. The normalized spacial score (nSPS) is 35.1. The summed E-state index contributed by atoms with van der Waals surface area (Å²) in [7, 11) is 0. The van der Waals surface area contributed by atoms with E-state index in [4.69, 9.17) is 9.47 Å². The summed E-state index contributed by atoms with van der Waals surface area (Å²) in [5.41, 5.74) is 1.54. The fourth-order valence-corrected chi connectivity index (χ4v) is 5.36. The van der Waals surface area contributed by atoms with Crippen molar-refractivity contribution in [2.75, 3.05) is 5.75 Å². The summed E-state index contributed by atoms with van der Waals surface area (Å²) in [6, 6.07) is 7.03. The smallest absolute Gasteiger partial charge is 0.338 e. The van der Waals surface area contributed by atoms with Gasteiger partial charge in [-0.1, -0.05) is 49.0 Å². The SMILES string of the molecule is C[C@@H]1C=CCCc2ccccc2C(=O)O[C@@H]2C[C@@H](CC1)O[C@@](O)(C1CSC(=O)N1)C2. The molecule has 1 aromatic rings. The molecular formula is C23H29NO5S. The summed E-state index contributed by atoms with van der Waals surface area (Å²) in [5.74, 6) is -1.07. The predicted octanol–water partition coefficient (Wildman–Crippen LogP) is 3.82. The van der Waals surface area contributed by atoms with Crippen LogP contribution in [0.2, 0.25) is 0 Å². The zero-order valence-electron chi connectivity index (χ0n) is 17.2. The van der Waals surface area contributed by atoms with Gasteiger partial charge in [-0.2, -0.15) is 0 Å². The number of carbonyl (C=O) groups excluding carboxylic acids is 2.